The van der Waals surface area contributed by atoms with E-state index < -0.39 is 15.5 Å². The molecule has 0 unspecified atom stereocenters. The molecule has 148 valence electrons. The summed E-state index contributed by atoms with van der Waals surface area (Å²) in [6.45, 7) is 1.84. The predicted octanol–water partition coefficient (Wildman–Crippen LogP) is 4.76. The van der Waals surface area contributed by atoms with E-state index in [-0.39, 0.29) is 17.4 Å². The number of nitrogens with zero attached hydrogens (tertiary/aromatic N) is 3. The molecule has 2 heterocycles. The van der Waals surface area contributed by atoms with Gasteiger partial charge in [-0.25, -0.2) is 8.96 Å². The van der Waals surface area contributed by atoms with Gasteiger partial charge in [-0.1, -0.05) is 25.0 Å². The summed E-state index contributed by atoms with van der Waals surface area (Å²) in [5.74, 6) is -0.331. The Hall–Kier alpha value is -2.42. The highest BCUT2D eigenvalue weighted by molar-refractivity contribution is 7.90. The molecule has 4 rings (SSSR count). The Kier molecular flexibility index (Phi) is 4.45. The van der Waals surface area contributed by atoms with Crippen molar-refractivity contribution >= 4 is 20.9 Å². The topological polar surface area (TPSA) is 64.8 Å². The van der Waals surface area contributed by atoms with Crippen molar-refractivity contribution in [3.63, 3.8) is 0 Å². The monoisotopic (exact) mass is 409 g/mol. The molecule has 0 radical (unpaired) electrons. The summed E-state index contributed by atoms with van der Waals surface area (Å²) in [5.41, 5.74) is -3.65. The van der Waals surface area contributed by atoms with Crippen LogP contribution in [0.4, 0.5) is 13.2 Å². The zero-order valence-electron chi connectivity index (χ0n) is 15.1. The number of halogens is 3. The number of rotatable bonds is 3. The van der Waals surface area contributed by atoms with Gasteiger partial charge < -0.3 is 0 Å². The molecule has 1 fully saturated rings. The van der Waals surface area contributed by atoms with E-state index in [9.17, 15) is 21.6 Å². The maximum Gasteiger partial charge on any atom is 0.517 e. The number of aryl methyl sites for hydroxylation is 1. The second kappa shape index (κ2) is 6.58. The van der Waals surface area contributed by atoms with Gasteiger partial charge in [0.1, 0.15) is 5.82 Å². The fourth-order valence-corrected chi connectivity index (χ4v) is 4.81. The smallest absolute Gasteiger partial charge is 0.253 e. The summed E-state index contributed by atoms with van der Waals surface area (Å²) < 4.78 is 65.4. The Morgan fingerprint density at radius 2 is 1.82 bits per heavy atom. The lowest BCUT2D eigenvalue weighted by Crippen LogP contribution is -2.32. The number of fused-ring (bicyclic) bond motifs is 1. The first-order chi connectivity index (χ1) is 13.2. The van der Waals surface area contributed by atoms with Crippen molar-refractivity contribution in [2.75, 3.05) is 0 Å². The molecule has 0 atom stereocenters. The summed E-state index contributed by atoms with van der Waals surface area (Å²) in [5, 5.41) is 0.711. The van der Waals surface area contributed by atoms with Gasteiger partial charge in [-0.15, -0.1) is 0 Å². The highest BCUT2D eigenvalue weighted by Gasteiger charge is 2.50. The van der Waals surface area contributed by atoms with Crippen LogP contribution in [0.15, 0.2) is 36.5 Å². The average molecular weight is 409 g/mol. The molecular formula is C19H18F3N3O2S. The molecule has 3 aromatic rings. The number of aromatic nitrogens is 3. The molecule has 1 aliphatic carbocycles. The maximum absolute atomic E-state index is 13.4. The number of pyridine rings is 1. The third-order valence-electron chi connectivity index (χ3n) is 5.12. The van der Waals surface area contributed by atoms with E-state index in [0.717, 1.165) is 18.5 Å². The van der Waals surface area contributed by atoms with E-state index in [0.29, 0.717) is 33.3 Å². The summed E-state index contributed by atoms with van der Waals surface area (Å²) >= 11 is 0. The quantitative estimate of drug-likeness (QED) is 0.626. The van der Waals surface area contributed by atoms with Crippen molar-refractivity contribution < 1.29 is 21.6 Å². The van der Waals surface area contributed by atoms with Crippen LogP contribution in [0.25, 0.3) is 22.2 Å². The summed E-state index contributed by atoms with van der Waals surface area (Å²) in [6, 6.07) is 8.48. The fraction of sp³-hybridized carbons (Fsp3) is 0.368. The van der Waals surface area contributed by atoms with Gasteiger partial charge in [0, 0.05) is 22.6 Å². The summed E-state index contributed by atoms with van der Waals surface area (Å²) in [6.07, 6.45) is 4.18. The Labute approximate surface area is 160 Å². The molecule has 0 amide bonds. The van der Waals surface area contributed by atoms with Crippen LogP contribution in [0.1, 0.15) is 43.1 Å². The zero-order chi connectivity index (χ0) is 20.1. The van der Waals surface area contributed by atoms with E-state index >= 15 is 0 Å². The largest absolute Gasteiger partial charge is 0.517 e. The lowest BCUT2D eigenvalue weighted by molar-refractivity contribution is -0.0446. The van der Waals surface area contributed by atoms with Crippen LogP contribution in [-0.4, -0.2) is 27.9 Å². The molecule has 0 spiro atoms. The molecule has 9 heteroatoms. The molecular weight excluding hydrogens is 391 g/mol. The van der Waals surface area contributed by atoms with Gasteiger partial charge in [-0.3, -0.25) is 4.98 Å². The molecule has 0 saturated heterocycles. The van der Waals surface area contributed by atoms with Gasteiger partial charge in [0.2, 0.25) is 0 Å². The summed E-state index contributed by atoms with van der Waals surface area (Å²) in [4.78, 5) is 8.49. The van der Waals surface area contributed by atoms with E-state index in [2.05, 4.69) is 9.97 Å². The Balaban J connectivity index is 1.93. The van der Waals surface area contributed by atoms with E-state index in [1.807, 2.05) is 6.92 Å². The van der Waals surface area contributed by atoms with Gasteiger partial charge in [0.05, 0.1) is 17.4 Å². The van der Waals surface area contributed by atoms with Gasteiger partial charge >= 0.3 is 15.5 Å². The van der Waals surface area contributed by atoms with Gasteiger partial charge in [0.15, 0.2) is 0 Å². The second-order valence-corrected chi connectivity index (χ2v) is 8.84. The molecule has 1 aromatic carbocycles. The van der Waals surface area contributed by atoms with Crippen LogP contribution >= 0.6 is 0 Å². The summed E-state index contributed by atoms with van der Waals surface area (Å²) in [7, 11) is -5.60. The molecule has 1 saturated carbocycles. The van der Waals surface area contributed by atoms with Crippen LogP contribution in [0.3, 0.4) is 0 Å². The second-order valence-electron chi connectivity index (χ2n) is 7.06. The minimum Gasteiger partial charge on any atom is -0.253 e. The van der Waals surface area contributed by atoms with Crippen LogP contribution < -0.4 is 0 Å². The first-order valence-electron chi connectivity index (χ1n) is 8.96. The molecule has 0 aliphatic heterocycles. The Morgan fingerprint density at radius 3 is 2.50 bits per heavy atom. The van der Waals surface area contributed by atoms with E-state index in [1.165, 1.54) is 6.20 Å². The maximum atomic E-state index is 13.4. The minimum absolute atomic E-state index is 0.0352. The molecule has 0 bridgehead atoms. The SMILES string of the molecule is Cc1ccc2cc(-c3cnc(C4CCCC4)n3S(=O)(=O)C(F)(F)F)ccc2n1. The predicted molar refractivity (Wildman–Crippen MR) is 99.3 cm³/mol. The normalized spacial score (nSPS) is 16.1. The zero-order valence-corrected chi connectivity index (χ0v) is 15.9. The number of hydrogen-bond acceptors (Lipinski definition) is 4. The third kappa shape index (κ3) is 3.07. The highest BCUT2D eigenvalue weighted by Crippen LogP contribution is 2.39. The van der Waals surface area contributed by atoms with Crippen LogP contribution in [0.5, 0.6) is 0 Å². The number of hydrogen-bond donors (Lipinski definition) is 0. The highest BCUT2D eigenvalue weighted by atomic mass is 32.2. The fourth-order valence-electron chi connectivity index (χ4n) is 3.75. The van der Waals surface area contributed by atoms with Crippen LogP contribution in [0, 0.1) is 6.92 Å². The minimum atomic E-state index is -5.60. The standard InChI is InChI=1S/C19H18F3N3O2S/c1-12-6-7-14-10-15(8-9-16(14)24-12)17-11-23-18(13-4-2-3-5-13)25(17)28(26,27)19(20,21)22/h6-11,13H,2-5H2,1H3. The average Bonchev–Trinajstić information content (AvgIpc) is 3.29. The van der Waals surface area contributed by atoms with Gasteiger partial charge in [-0.05, 0) is 38.0 Å². The van der Waals surface area contributed by atoms with Crippen molar-refractivity contribution in [1.82, 2.24) is 13.9 Å². The first kappa shape index (κ1) is 18.9. The number of alkyl halides is 3. The van der Waals surface area contributed by atoms with Crippen LogP contribution in [-0.2, 0) is 10.0 Å². The molecule has 2 aromatic heterocycles. The van der Waals surface area contributed by atoms with Crippen molar-refractivity contribution in [3.8, 4) is 11.3 Å². The third-order valence-corrected chi connectivity index (χ3v) is 6.57. The van der Waals surface area contributed by atoms with Crippen molar-refractivity contribution in [2.24, 2.45) is 0 Å². The first-order valence-corrected chi connectivity index (χ1v) is 10.4. The Bertz CT molecular complexity index is 1150. The van der Waals surface area contributed by atoms with E-state index in [1.54, 1.807) is 30.3 Å². The molecule has 1 aliphatic rings. The van der Waals surface area contributed by atoms with Crippen molar-refractivity contribution in [3.05, 3.63) is 48.0 Å². The van der Waals surface area contributed by atoms with Gasteiger partial charge in [-0.2, -0.15) is 21.6 Å². The van der Waals surface area contributed by atoms with Crippen molar-refractivity contribution in [1.29, 1.82) is 0 Å². The van der Waals surface area contributed by atoms with Gasteiger partial charge in [0.25, 0.3) is 0 Å². The Morgan fingerprint density at radius 1 is 1.11 bits per heavy atom. The van der Waals surface area contributed by atoms with Crippen molar-refractivity contribution in [2.45, 2.75) is 44.0 Å². The lowest BCUT2D eigenvalue weighted by Gasteiger charge is -2.17. The molecule has 5 nitrogen and oxygen atoms in total. The number of imidazole rings is 1. The molecule has 28 heavy (non-hydrogen) atoms. The van der Waals surface area contributed by atoms with E-state index in [4.69, 9.17) is 0 Å². The lowest BCUT2D eigenvalue weighted by atomic mass is 10.1. The van der Waals surface area contributed by atoms with Crippen LogP contribution in [0.2, 0.25) is 0 Å². The number of benzene rings is 1. The molecule has 0 N–H and O–H groups in total.